The third kappa shape index (κ3) is 4.20. The van der Waals surface area contributed by atoms with Crippen LogP contribution in [0.1, 0.15) is 20.3 Å². The zero-order valence-electron chi connectivity index (χ0n) is 14.2. The quantitative estimate of drug-likeness (QED) is 0.595. The second-order valence-corrected chi connectivity index (χ2v) is 7.23. The van der Waals surface area contributed by atoms with E-state index in [2.05, 4.69) is 60.0 Å². The second-order valence-electron chi connectivity index (χ2n) is 5.71. The molecule has 0 saturated heterocycles. The first-order valence-electron chi connectivity index (χ1n) is 8.29. The summed E-state index contributed by atoms with van der Waals surface area (Å²) in [6.45, 7) is 8.84. The van der Waals surface area contributed by atoms with Gasteiger partial charge in [0, 0.05) is 21.4 Å². The lowest BCUT2D eigenvalue weighted by Crippen LogP contribution is -2.28. The molecule has 0 unspecified atom stereocenters. The Labute approximate surface area is 160 Å². The van der Waals surface area contributed by atoms with Gasteiger partial charge in [-0.15, -0.1) is 12.4 Å². The van der Waals surface area contributed by atoms with Crippen molar-refractivity contribution in [3.63, 3.8) is 0 Å². The van der Waals surface area contributed by atoms with Crippen LogP contribution in [-0.2, 0) is 0 Å². The van der Waals surface area contributed by atoms with Crippen molar-refractivity contribution >= 4 is 47.1 Å². The first-order valence-corrected chi connectivity index (χ1v) is 9.48. The highest BCUT2D eigenvalue weighted by Crippen LogP contribution is 2.48. The van der Waals surface area contributed by atoms with E-state index in [0.29, 0.717) is 0 Å². The molecule has 0 aliphatic carbocycles. The van der Waals surface area contributed by atoms with Crippen LogP contribution >= 0.6 is 35.8 Å². The van der Waals surface area contributed by atoms with E-state index in [1.54, 1.807) is 0 Å². The summed E-state index contributed by atoms with van der Waals surface area (Å²) in [5.41, 5.74) is 2.53. The van der Waals surface area contributed by atoms with Crippen molar-refractivity contribution in [1.29, 1.82) is 0 Å². The molecule has 0 spiro atoms. The van der Waals surface area contributed by atoms with E-state index in [0.717, 1.165) is 37.6 Å². The smallest absolute Gasteiger partial charge is 0.0567 e. The summed E-state index contributed by atoms with van der Waals surface area (Å²) in [5.74, 6) is 0. The Morgan fingerprint density at radius 3 is 2.46 bits per heavy atom. The molecule has 1 aliphatic heterocycles. The molecule has 2 aromatic carbocycles. The van der Waals surface area contributed by atoms with Crippen LogP contribution in [0.15, 0.2) is 52.3 Å². The van der Waals surface area contributed by atoms with E-state index >= 15 is 0 Å². The standard InChI is InChI=1S/C19H23ClN2S.ClH/c1-3-21(4-2)12-7-13-22-16-8-5-6-9-18(16)23-19-11-10-15(20)14-17(19)22;/h5-6,8-11,14H,3-4,7,12-13H2,1-2H3;1H. The minimum atomic E-state index is 0. The van der Waals surface area contributed by atoms with Gasteiger partial charge in [0.1, 0.15) is 0 Å². The number of rotatable bonds is 6. The average molecular weight is 383 g/mol. The average Bonchev–Trinajstić information content (AvgIpc) is 2.58. The largest absolute Gasteiger partial charge is 0.340 e. The molecule has 0 saturated carbocycles. The monoisotopic (exact) mass is 382 g/mol. The molecule has 0 fully saturated rings. The van der Waals surface area contributed by atoms with E-state index in [9.17, 15) is 0 Å². The van der Waals surface area contributed by atoms with Crippen LogP contribution in [0.5, 0.6) is 0 Å². The molecule has 130 valence electrons. The molecule has 1 heterocycles. The summed E-state index contributed by atoms with van der Waals surface area (Å²) in [4.78, 5) is 7.51. The third-order valence-electron chi connectivity index (χ3n) is 4.34. The first-order chi connectivity index (χ1) is 11.2. The molecule has 3 rings (SSSR count). The minimum Gasteiger partial charge on any atom is -0.340 e. The molecule has 24 heavy (non-hydrogen) atoms. The fourth-order valence-electron chi connectivity index (χ4n) is 3.04. The van der Waals surface area contributed by atoms with Gasteiger partial charge in [0.2, 0.25) is 0 Å². The van der Waals surface area contributed by atoms with E-state index in [4.69, 9.17) is 11.6 Å². The van der Waals surface area contributed by atoms with Crippen molar-refractivity contribution < 1.29 is 0 Å². The van der Waals surface area contributed by atoms with Gasteiger partial charge in [-0.25, -0.2) is 0 Å². The van der Waals surface area contributed by atoms with Gasteiger partial charge in [-0.3, -0.25) is 0 Å². The number of halogens is 2. The van der Waals surface area contributed by atoms with E-state index in [1.165, 1.54) is 21.2 Å². The number of anilines is 2. The Hall–Kier alpha value is -0.870. The Bertz CT molecular complexity index is 674. The molecule has 1 aliphatic rings. The normalized spacial score (nSPS) is 12.6. The van der Waals surface area contributed by atoms with Crippen molar-refractivity contribution in [3.8, 4) is 0 Å². The molecule has 2 aromatic rings. The number of hydrogen-bond donors (Lipinski definition) is 0. The van der Waals surface area contributed by atoms with Gasteiger partial charge in [-0.2, -0.15) is 0 Å². The van der Waals surface area contributed by atoms with Crippen molar-refractivity contribution in [2.24, 2.45) is 0 Å². The summed E-state index contributed by atoms with van der Waals surface area (Å²) in [6, 6.07) is 14.9. The Kier molecular flexibility index (Phi) is 7.30. The summed E-state index contributed by atoms with van der Waals surface area (Å²) in [7, 11) is 0. The molecular weight excluding hydrogens is 359 g/mol. The summed E-state index contributed by atoms with van der Waals surface area (Å²) in [5, 5.41) is 0.803. The Balaban J connectivity index is 0.00000208. The molecule has 0 amide bonds. The van der Waals surface area contributed by atoms with Crippen LogP contribution < -0.4 is 4.90 Å². The molecule has 0 bridgehead atoms. The highest BCUT2D eigenvalue weighted by atomic mass is 35.5. The molecule has 0 radical (unpaired) electrons. The third-order valence-corrected chi connectivity index (χ3v) is 5.70. The number of para-hydroxylation sites is 1. The molecule has 2 nitrogen and oxygen atoms in total. The van der Waals surface area contributed by atoms with Gasteiger partial charge in [0.25, 0.3) is 0 Å². The SMILES string of the molecule is CCN(CC)CCCN1c2ccccc2Sc2ccc(Cl)cc21.Cl. The van der Waals surface area contributed by atoms with Gasteiger partial charge in [0.05, 0.1) is 11.4 Å². The van der Waals surface area contributed by atoms with Crippen molar-refractivity contribution in [2.75, 3.05) is 31.1 Å². The predicted octanol–water partition coefficient (Wildman–Crippen LogP) is 6.10. The van der Waals surface area contributed by atoms with Crippen LogP contribution in [0.2, 0.25) is 5.02 Å². The number of nitrogens with zero attached hydrogens (tertiary/aromatic N) is 2. The summed E-state index contributed by atoms with van der Waals surface area (Å²) in [6.07, 6.45) is 1.15. The fourth-order valence-corrected chi connectivity index (χ4v) is 4.28. The van der Waals surface area contributed by atoms with Crippen LogP contribution in [0.3, 0.4) is 0 Å². The lowest BCUT2D eigenvalue weighted by atomic mass is 10.2. The number of hydrogen-bond acceptors (Lipinski definition) is 3. The van der Waals surface area contributed by atoms with E-state index < -0.39 is 0 Å². The van der Waals surface area contributed by atoms with Crippen molar-refractivity contribution in [1.82, 2.24) is 4.90 Å². The molecule has 5 heteroatoms. The Morgan fingerprint density at radius 2 is 1.71 bits per heavy atom. The molecule has 0 N–H and O–H groups in total. The Morgan fingerprint density at radius 1 is 1.00 bits per heavy atom. The van der Waals surface area contributed by atoms with Crippen LogP contribution in [0.4, 0.5) is 11.4 Å². The molecule has 0 atom stereocenters. The first kappa shape index (κ1) is 19.5. The topological polar surface area (TPSA) is 6.48 Å². The summed E-state index contributed by atoms with van der Waals surface area (Å²) < 4.78 is 0. The predicted molar refractivity (Wildman–Crippen MR) is 109 cm³/mol. The van der Waals surface area contributed by atoms with Crippen LogP contribution in [0.25, 0.3) is 0 Å². The fraction of sp³-hybridized carbons (Fsp3) is 0.368. The molecule has 0 aromatic heterocycles. The van der Waals surface area contributed by atoms with Gasteiger partial charge in [-0.05, 0) is 56.4 Å². The van der Waals surface area contributed by atoms with Crippen molar-refractivity contribution in [3.05, 3.63) is 47.5 Å². The highest BCUT2D eigenvalue weighted by molar-refractivity contribution is 7.99. The maximum Gasteiger partial charge on any atom is 0.0567 e. The van der Waals surface area contributed by atoms with E-state index in [1.807, 2.05) is 17.8 Å². The van der Waals surface area contributed by atoms with Gasteiger partial charge < -0.3 is 9.80 Å². The molecular formula is C19H24Cl2N2S. The highest BCUT2D eigenvalue weighted by Gasteiger charge is 2.23. The van der Waals surface area contributed by atoms with Crippen LogP contribution in [-0.4, -0.2) is 31.1 Å². The van der Waals surface area contributed by atoms with E-state index in [-0.39, 0.29) is 12.4 Å². The minimum absolute atomic E-state index is 0. The zero-order valence-corrected chi connectivity index (χ0v) is 16.6. The van der Waals surface area contributed by atoms with Gasteiger partial charge in [0.15, 0.2) is 0 Å². The maximum atomic E-state index is 6.25. The summed E-state index contributed by atoms with van der Waals surface area (Å²) >= 11 is 8.09. The van der Waals surface area contributed by atoms with Crippen LogP contribution in [0, 0.1) is 0 Å². The lowest BCUT2D eigenvalue weighted by Gasteiger charge is -2.33. The van der Waals surface area contributed by atoms with Gasteiger partial charge in [-0.1, -0.05) is 49.3 Å². The zero-order chi connectivity index (χ0) is 16.2. The number of benzene rings is 2. The van der Waals surface area contributed by atoms with Crippen molar-refractivity contribution in [2.45, 2.75) is 30.1 Å². The lowest BCUT2D eigenvalue weighted by molar-refractivity contribution is 0.301. The number of fused-ring (bicyclic) bond motifs is 2. The van der Waals surface area contributed by atoms with Gasteiger partial charge >= 0.3 is 0 Å². The maximum absolute atomic E-state index is 6.25. The second kappa shape index (κ2) is 9.00.